The molecule has 0 unspecified atom stereocenters. The van der Waals surface area contributed by atoms with Crippen LogP contribution < -0.4 is 5.32 Å². The topological polar surface area (TPSA) is 80.0 Å². The molecule has 16 heavy (non-hydrogen) atoms. The molecule has 0 atom stereocenters. The summed E-state index contributed by atoms with van der Waals surface area (Å²) in [6, 6.07) is 1.93. The van der Waals surface area contributed by atoms with Gasteiger partial charge in [-0.2, -0.15) is 5.10 Å². The van der Waals surface area contributed by atoms with Crippen LogP contribution in [-0.4, -0.2) is 38.9 Å². The second-order valence-electron chi connectivity index (χ2n) is 3.84. The van der Waals surface area contributed by atoms with Gasteiger partial charge in [0.25, 0.3) is 0 Å². The molecular weight excluding hydrogens is 208 g/mol. The van der Waals surface area contributed by atoms with Crippen molar-refractivity contribution in [3.05, 3.63) is 24.0 Å². The molecule has 1 aliphatic rings. The lowest BCUT2D eigenvalue weighted by Gasteiger charge is -2.27. The van der Waals surface area contributed by atoms with Crippen molar-refractivity contribution in [3.63, 3.8) is 0 Å². The second-order valence-corrected chi connectivity index (χ2v) is 3.84. The first-order valence-corrected chi connectivity index (χ1v) is 5.03. The summed E-state index contributed by atoms with van der Waals surface area (Å²) in [4.78, 5) is 14.9. The van der Waals surface area contributed by atoms with Crippen molar-refractivity contribution < 1.29 is 9.90 Å². The second kappa shape index (κ2) is 3.28. The third-order valence-corrected chi connectivity index (χ3v) is 2.79. The molecule has 82 valence electrons. The van der Waals surface area contributed by atoms with Gasteiger partial charge in [0.05, 0.1) is 17.8 Å². The van der Waals surface area contributed by atoms with Gasteiger partial charge in [0, 0.05) is 24.7 Å². The molecule has 0 aromatic carbocycles. The Hall–Kier alpha value is -1.95. The number of nitrogens with one attached hydrogen (secondary N) is 1. The van der Waals surface area contributed by atoms with Crippen LogP contribution in [0.1, 0.15) is 16.4 Å². The highest BCUT2D eigenvalue weighted by Crippen LogP contribution is 2.19. The average molecular weight is 218 g/mol. The molecule has 0 aliphatic carbocycles. The molecule has 0 spiro atoms. The van der Waals surface area contributed by atoms with Gasteiger partial charge in [-0.05, 0) is 6.07 Å². The molecule has 1 saturated heterocycles. The SMILES string of the molecule is O=C(O)c1cnc2c(cnn2C2CNC2)c1. The minimum Gasteiger partial charge on any atom is -0.478 e. The van der Waals surface area contributed by atoms with E-state index in [4.69, 9.17) is 5.11 Å². The van der Waals surface area contributed by atoms with Crippen LogP contribution in [0.3, 0.4) is 0 Å². The Morgan fingerprint density at radius 3 is 2.94 bits per heavy atom. The monoisotopic (exact) mass is 218 g/mol. The zero-order valence-corrected chi connectivity index (χ0v) is 8.42. The Kier molecular flexibility index (Phi) is 1.90. The van der Waals surface area contributed by atoms with E-state index in [1.807, 2.05) is 4.68 Å². The van der Waals surface area contributed by atoms with Crippen LogP contribution in [0.25, 0.3) is 11.0 Å². The lowest BCUT2D eigenvalue weighted by molar-refractivity contribution is 0.0696. The summed E-state index contributed by atoms with van der Waals surface area (Å²) in [6.07, 6.45) is 3.03. The maximum absolute atomic E-state index is 10.8. The summed E-state index contributed by atoms with van der Waals surface area (Å²) in [5.74, 6) is -0.965. The summed E-state index contributed by atoms with van der Waals surface area (Å²) in [7, 11) is 0. The molecular formula is C10H10N4O2. The first kappa shape index (κ1) is 9.29. The van der Waals surface area contributed by atoms with Gasteiger partial charge in [0.15, 0.2) is 5.65 Å². The van der Waals surface area contributed by atoms with Gasteiger partial charge in [0.1, 0.15) is 0 Å². The van der Waals surface area contributed by atoms with Gasteiger partial charge in [0.2, 0.25) is 0 Å². The Morgan fingerprint density at radius 2 is 2.31 bits per heavy atom. The van der Waals surface area contributed by atoms with E-state index in [9.17, 15) is 4.79 Å². The number of pyridine rings is 1. The molecule has 0 amide bonds. The van der Waals surface area contributed by atoms with Gasteiger partial charge in [-0.15, -0.1) is 0 Å². The molecule has 3 heterocycles. The van der Waals surface area contributed by atoms with Gasteiger partial charge < -0.3 is 10.4 Å². The third kappa shape index (κ3) is 1.27. The van der Waals surface area contributed by atoms with Crippen LogP contribution in [0.2, 0.25) is 0 Å². The molecule has 0 bridgehead atoms. The summed E-state index contributed by atoms with van der Waals surface area (Å²) < 4.78 is 1.84. The summed E-state index contributed by atoms with van der Waals surface area (Å²) in [5.41, 5.74) is 0.940. The Labute approximate surface area is 90.9 Å². The van der Waals surface area contributed by atoms with Crippen LogP contribution in [0, 0.1) is 0 Å². The molecule has 0 radical (unpaired) electrons. The zero-order valence-electron chi connectivity index (χ0n) is 8.42. The zero-order chi connectivity index (χ0) is 11.1. The van der Waals surface area contributed by atoms with E-state index >= 15 is 0 Å². The average Bonchev–Trinajstić information content (AvgIpc) is 2.59. The Bertz CT molecular complexity index is 559. The third-order valence-electron chi connectivity index (χ3n) is 2.79. The smallest absolute Gasteiger partial charge is 0.337 e. The van der Waals surface area contributed by atoms with E-state index in [-0.39, 0.29) is 5.56 Å². The van der Waals surface area contributed by atoms with Crippen LogP contribution in [0.15, 0.2) is 18.5 Å². The molecule has 2 N–H and O–H groups in total. The number of fused-ring (bicyclic) bond motifs is 1. The highest BCUT2D eigenvalue weighted by Gasteiger charge is 2.22. The minimum absolute atomic E-state index is 0.193. The fourth-order valence-electron chi connectivity index (χ4n) is 1.77. The fraction of sp³-hybridized carbons (Fsp3) is 0.300. The highest BCUT2D eigenvalue weighted by molar-refractivity contribution is 5.91. The maximum atomic E-state index is 10.8. The van der Waals surface area contributed by atoms with Gasteiger partial charge >= 0.3 is 5.97 Å². The summed E-state index contributed by atoms with van der Waals surface area (Å²) in [5, 5.41) is 17.0. The molecule has 1 fully saturated rings. The van der Waals surface area contributed by atoms with Crippen molar-refractivity contribution in [1.29, 1.82) is 0 Å². The van der Waals surface area contributed by atoms with Crippen molar-refractivity contribution in [1.82, 2.24) is 20.1 Å². The predicted octanol–water partition coefficient (Wildman–Crippen LogP) is 0.274. The highest BCUT2D eigenvalue weighted by atomic mass is 16.4. The lowest BCUT2D eigenvalue weighted by Crippen LogP contribution is -2.43. The number of carbonyl (C=O) groups is 1. The normalized spacial score (nSPS) is 16.2. The van der Waals surface area contributed by atoms with Gasteiger partial charge in [-0.3, -0.25) is 0 Å². The van der Waals surface area contributed by atoms with E-state index in [0.29, 0.717) is 6.04 Å². The first-order chi connectivity index (χ1) is 7.75. The van der Waals surface area contributed by atoms with E-state index in [0.717, 1.165) is 24.1 Å². The molecule has 0 saturated carbocycles. The maximum Gasteiger partial charge on any atom is 0.337 e. The minimum atomic E-state index is -0.965. The Balaban J connectivity index is 2.10. The van der Waals surface area contributed by atoms with Crippen LogP contribution in [-0.2, 0) is 0 Å². The predicted molar refractivity (Wildman–Crippen MR) is 56.4 cm³/mol. The molecule has 2 aromatic rings. The van der Waals surface area contributed by atoms with Gasteiger partial charge in [-0.1, -0.05) is 0 Å². The number of carboxylic acid groups (broad SMARTS) is 1. The van der Waals surface area contributed by atoms with Crippen molar-refractivity contribution in [2.75, 3.05) is 13.1 Å². The number of rotatable bonds is 2. The van der Waals surface area contributed by atoms with Crippen molar-refractivity contribution >= 4 is 17.0 Å². The molecule has 3 rings (SSSR count). The number of nitrogens with zero attached hydrogens (tertiary/aromatic N) is 3. The standard InChI is InChI=1S/C10H10N4O2/c15-10(16)7-1-6-3-13-14(8-4-11-5-8)9(6)12-2-7/h1-3,8,11H,4-5H2,(H,15,16). The van der Waals surface area contributed by atoms with Crippen molar-refractivity contribution in [2.24, 2.45) is 0 Å². The van der Waals surface area contributed by atoms with Crippen LogP contribution >= 0.6 is 0 Å². The summed E-state index contributed by atoms with van der Waals surface area (Å²) in [6.45, 7) is 1.78. The largest absolute Gasteiger partial charge is 0.478 e. The molecule has 1 aliphatic heterocycles. The number of aromatic nitrogens is 3. The number of hydrogen-bond donors (Lipinski definition) is 2. The van der Waals surface area contributed by atoms with Gasteiger partial charge in [-0.25, -0.2) is 14.5 Å². The van der Waals surface area contributed by atoms with Crippen molar-refractivity contribution in [2.45, 2.75) is 6.04 Å². The first-order valence-electron chi connectivity index (χ1n) is 5.03. The number of aromatic carboxylic acids is 1. The summed E-state index contributed by atoms with van der Waals surface area (Å²) >= 11 is 0. The van der Waals surface area contributed by atoms with E-state index in [1.54, 1.807) is 12.3 Å². The fourth-order valence-corrected chi connectivity index (χ4v) is 1.77. The lowest BCUT2D eigenvalue weighted by atomic mass is 10.2. The van der Waals surface area contributed by atoms with E-state index < -0.39 is 5.97 Å². The van der Waals surface area contributed by atoms with Crippen molar-refractivity contribution in [3.8, 4) is 0 Å². The molecule has 6 nitrogen and oxygen atoms in total. The quantitative estimate of drug-likeness (QED) is 0.756. The number of carboxylic acids is 1. The van der Waals surface area contributed by atoms with E-state index in [2.05, 4.69) is 15.4 Å². The molecule has 2 aromatic heterocycles. The van der Waals surface area contributed by atoms with E-state index in [1.165, 1.54) is 6.20 Å². The van der Waals surface area contributed by atoms with Crippen LogP contribution in [0.5, 0.6) is 0 Å². The molecule has 6 heteroatoms. The van der Waals surface area contributed by atoms with Crippen LogP contribution in [0.4, 0.5) is 0 Å². The number of hydrogen-bond acceptors (Lipinski definition) is 4. The Morgan fingerprint density at radius 1 is 1.50 bits per heavy atom.